The van der Waals surface area contributed by atoms with Gasteiger partial charge in [0.1, 0.15) is 5.82 Å². The summed E-state index contributed by atoms with van der Waals surface area (Å²) in [4.78, 5) is 9.27. The van der Waals surface area contributed by atoms with Crippen LogP contribution in [0, 0.1) is 27.7 Å². The van der Waals surface area contributed by atoms with Crippen LogP contribution in [0.1, 0.15) is 39.5 Å². The second-order valence-corrected chi connectivity index (χ2v) is 5.42. The minimum Gasteiger partial charge on any atom is -0.330 e. The normalized spacial score (nSPS) is 10.8. The molecule has 0 aliphatic carbocycles. The zero-order chi connectivity index (χ0) is 14.7. The van der Waals surface area contributed by atoms with E-state index in [-0.39, 0.29) is 0 Å². The smallest absolute Gasteiger partial charge is 0.133 e. The van der Waals surface area contributed by atoms with E-state index in [0.717, 1.165) is 30.1 Å². The Morgan fingerprint density at radius 2 is 1.60 bits per heavy atom. The molecule has 2 rings (SSSR count). The number of hydrogen-bond acceptors (Lipinski definition) is 3. The molecule has 0 fully saturated rings. The van der Waals surface area contributed by atoms with Gasteiger partial charge in [0.2, 0.25) is 0 Å². The van der Waals surface area contributed by atoms with Crippen LogP contribution < -0.4 is 5.73 Å². The van der Waals surface area contributed by atoms with E-state index in [9.17, 15) is 0 Å². The fourth-order valence-corrected chi connectivity index (χ4v) is 2.49. The molecule has 1 heterocycles. The largest absolute Gasteiger partial charge is 0.330 e. The zero-order valence-corrected chi connectivity index (χ0v) is 12.8. The summed E-state index contributed by atoms with van der Waals surface area (Å²) in [5.41, 5.74) is 12.8. The van der Waals surface area contributed by atoms with E-state index in [1.165, 1.54) is 22.3 Å². The van der Waals surface area contributed by atoms with Crippen molar-refractivity contribution >= 4 is 0 Å². The molecule has 20 heavy (non-hydrogen) atoms. The monoisotopic (exact) mass is 269 g/mol. The topological polar surface area (TPSA) is 51.8 Å². The Morgan fingerprint density at radius 1 is 0.950 bits per heavy atom. The summed E-state index contributed by atoms with van der Waals surface area (Å²) in [5.74, 6) is 0.893. The Balaban J connectivity index is 2.27. The summed E-state index contributed by atoms with van der Waals surface area (Å²) >= 11 is 0. The van der Waals surface area contributed by atoms with Crippen molar-refractivity contribution in [2.45, 2.75) is 40.5 Å². The first kappa shape index (κ1) is 14.7. The zero-order valence-electron chi connectivity index (χ0n) is 12.8. The molecule has 0 radical (unpaired) electrons. The molecule has 0 saturated carbocycles. The Bertz CT molecular complexity index is 595. The number of hydrogen-bond donors (Lipinski definition) is 1. The highest BCUT2D eigenvalue weighted by Crippen LogP contribution is 2.15. The third-order valence-electron chi connectivity index (χ3n) is 3.79. The van der Waals surface area contributed by atoms with Gasteiger partial charge in [0.25, 0.3) is 0 Å². The van der Waals surface area contributed by atoms with Crippen LogP contribution in [-0.4, -0.2) is 16.5 Å². The van der Waals surface area contributed by atoms with Crippen molar-refractivity contribution in [3.8, 4) is 0 Å². The van der Waals surface area contributed by atoms with E-state index in [0.29, 0.717) is 6.54 Å². The summed E-state index contributed by atoms with van der Waals surface area (Å²) in [5, 5.41) is 0. The molecular weight excluding hydrogens is 246 g/mol. The highest BCUT2D eigenvalue weighted by Gasteiger charge is 2.08. The molecule has 3 heteroatoms. The molecule has 0 atom stereocenters. The third kappa shape index (κ3) is 3.23. The molecule has 0 bridgehead atoms. The summed E-state index contributed by atoms with van der Waals surface area (Å²) in [6.07, 6.45) is 1.63. The maximum Gasteiger partial charge on any atom is 0.133 e. The van der Waals surface area contributed by atoms with Crippen LogP contribution in [0.2, 0.25) is 0 Å². The van der Waals surface area contributed by atoms with Gasteiger partial charge in [-0.3, -0.25) is 0 Å². The van der Waals surface area contributed by atoms with Crippen molar-refractivity contribution in [1.29, 1.82) is 0 Å². The van der Waals surface area contributed by atoms with Gasteiger partial charge >= 0.3 is 0 Å². The lowest BCUT2D eigenvalue weighted by Gasteiger charge is -2.10. The minimum absolute atomic E-state index is 0.640. The van der Waals surface area contributed by atoms with Gasteiger partial charge in [-0.25, -0.2) is 9.97 Å². The second kappa shape index (κ2) is 6.14. The first-order chi connectivity index (χ1) is 9.51. The first-order valence-electron chi connectivity index (χ1n) is 7.10. The van der Waals surface area contributed by atoms with Crippen LogP contribution in [0.15, 0.2) is 18.2 Å². The van der Waals surface area contributed by atoms with Gasteiger partial charge in [0.15, 0.2) is 0 Å². The lowest BCUT2D eigenvalue weighted by Crippen LogP contribution is -2.10. The van der Waals surface area contributed by atoms with Gasteiger partial charge in [0.05, 0.1) is 0 Å². The predicted octanol–water partition coefficient (Wildman–Crippen LogP) is 2.80. The summed E-state index contributed by atoms with van der Waals surface area (Å²) < 4.78 is 0. The maximum atomic E-state index is 5.64. The van der Waals surface area contributed by atoms with Gasteiger partial charge in [-0.2, -0.15) is 0 Å². The van der Waals surface area contributed by atoms with Crippen LogP contribution in [0.4, 0.5) is 0 Å². The van der Waals surface area contributed by atoms with Crippen LogP contribution in [0.5, 0.6) is 0 Å². The van der Waals surface area contributed by atoms with Gasteiger partial charge in [0, 0.05) is 17.8 Å². The van der Waals surface area contributed by atoms with Gasteiger partial charge in [-0.15, -0.1) is 0 Å². The first-order valence-corrected chi connectivity index (χ1v) is 7.10. The summed E-state index contributed by atoms with van der Waals surface area (Å²) in [7, 11) is 0. The Hall–Kier alpha value is -1.74. The molecule has 0 aliphatic rings. The number of aromatic nitrogens is 2. The highest BCUT2D eigenvalue weighted by molar-refractivity contribution is 5.32. The molecule has 1 aromatic heterocycles. The van der Waals surface area contributed by atoms with Crippen molar-refractivity contribution in [1.82, 2.24) is 9.97 Å². The molecule has 0 amide bonds. The lowest BCUT2D eigenvalue weighted by molar-refractivity contribution is 0.850. The standard InChI is InChI=1S/C17H23N3/c1-11-5-6-15(9-12(11)2)10-17-19-13(3)16(7-8-18)14(4)20-17/h5-6,9H,7-8,10,18H2,1-4H3. The molecule has 2 aromatic rings. The van der Waals surface area contributed by atoms with Gasteiger partial charge in [-0.05, 0) is 62.9 Å². The van der Waals surface area contributed by atoms with E-state index in [4.69, 9.17) is 5.73 Å². The summed E-state index contributed by atoms with van der Waals surface area (Å²) in [6, 6.07) is 6.54. The third-order valence-corrected chi connectivity index (χ3v) is 3.79. The van der Waals surface area contributed by atoms with Crippen molar-refractivity contribution < 1.29 is 0 Å². The molecule has 0 spiro atoms. The Kier molecular flexibility index (Phi) is 4.50. The van der Waals surface area contributed by atoms with Crippen molar-refractivity contribution in [2.24, 2.45) is 5.73 Å². The quantitative estimate of drug-likeness (QED) is 0.928. The van der Waals surface area contributed by atoms with E-state index < -0.39 is 0 Å². The predicted molar refractivity (Wildman–Crippen MR) is 83.0 cm³/mol. The molecule has 3 nitrogen and oxygen atoms in total. The Morgan fingerprint density at radius 3 is 2.15 bits per heavy atom. The lowest BCUT2D eigenvalue weighted by atomic mass is 10.0. The fourth-order valence-electron chi connectivity index (χ4n) is 2.49. The number of benzene rings is 1. The van der Waals surface area contributed by atoms with E-state index in [1.54, 1.807) is 0 Å². The Labute approximate surface area is 121 Å². The number of nitrogens with two attached hydrogens (primary N) is 1. The molecule has 1 aromatic carbocycles. The maximum absolute atomic E-state index is 5.64. The molecule has 0 saturated heterocycles. The SMILES string of the molecule is Cc1ccc(Cc2nc(C)c(CCN)c(C)n2)cc1C. The number of nitrogens with zero attached hydrogens (tertiary/aromatic N) is 2. The van der Waals surface area contributed by atoms with E-state index >= 15 is 0 Å². The minimum atomic E-state index is 0.640. The van der Waals surface area contributed by atoms with E-state index in [2.05, 4.69) is 42.0 Å². The molecule has 2 N–H and O–H groups in total. The average Bonchev–Trinajstić information content (AvgIpc) is 2.38. The van der Waals surface area contributed by atoms with Crippen LogP contribution >= 0.6 is 0 Å². The van der Waals surface area contributed by atoms with Crippen molar-refractivity contribution in [2.75, 3.05) is 6.54 Å². The van der Waals surface area contributed by atoms with Crippen LogP contribution in [-0.2, 0) is 12.8 Å². The molecule has 0 aliphatic heterocycles. The number of rotatable bonds is 4. The van der Waals surface area contributed by atoms with E-state index in [1.807, 2.05) is 13.8 Å². The van der Waals surface area contributed by atoms with Crippen LogP contribution in [0.3, 0.4) is 0 Å². The summed E-state index contributed by atoms with van der Waals surface area (Å²) in [6.45, 7) is 9.00. The second-order valence-electron chi connectivity index (χ2n) is 5.42. The molecule has 106 valence electrons. The van der Waals surface area contributed by atoms with Crippen molar-refractivity contribution in [3.63, 3.8) is 0 Å². The fraction of sp³-hybridized carbons (Fsp3) is 0.412. The van der Waals surface area contributed by atoms with Gasteiger partial charge < -0.3 is 5.73 Å². The number of aryl methyl sites for hydroxylation is 4. The van der Waals surface area contributed by atoms with Crippen LogP contribution in [0.25, 0.3) is 0 Å². The molecular formula is C17H23N3. The van der Waals surface area contributed by atoms with Gasteiger partial charge in [-0.1, -0.05) is 18.2 Å². The average molecular weight is 269 g/mol. The highest BCUT2D eigenvalue weighted by atomic mass is 14.9. The van der Waals surface area contributed by atoms with Crippen molar-refractivity contribution in [3.05, 3.63) is 57.7 Å². The molecule has 0 unspecified atom stereocenters.